The molecule has 0 bridgehead atoms. The van der Waals surface area contributed by atoms with E-state index in [1.54, 1.807) is 0 Å². The number of hydrogen-bond donors (Lipinski definition) is 1. The number of anilines is 2. The van der Waals surface area contributed by atoms with E-state index in [0.29, 0.717) is 6.04 Å². The first kappa shape index (κ1) is 12.5. The smallest absolute Gasteiger partial charge is 0.0640 e. The van der Waals surface area contributed by atoms with Crippen molar-refractivity contribution in [3.63, 3.8) is 0 Å². The Morgan fingerprint density at radius 3 is 2.82 bits per heavy atom. The summed E-state index contributed by atoms with van der Waals surface area (Å²) in [6.45, 7) is 5.38. The molecule has 17 heavy (non-hydrogen) atoms. The number of nitrogens with one attached hydrogen (secondary N) is 1. The van der Waals surface area contributed by atoms with E-state index in [-0.39, 0.29) is 0 Å². The number of hydrogen-bond acceptors (Lipinski definition) is 3. The first-order valence-corrected chi connectivity index (χ1v) is 6.41. The fourth-order valence-electron chi connectivity index (χ4n) is 2.25. The molecule has 0 spiro atoms. The van der Waals surface area contributed by atoms with Crippen LogP contribution in [0.15, 0.2) is 18.2 Å². The molecule has 0 radical (unpaired) electrons. The normalized spacial score (nSPS) is 20.5. The van der Waals surface area contributed by atoms with Crippen LogP contribution in [0.5, 0.6) is 0 Å². The van der Waals surface area contributed by atoms with E-state index in [4.69, 9.17) is 11.6 Å². The molecule has 1 fully saturated rings. The lowest BCUT2D eigenvalue weighted by Gasteiger charge is -2.36. The van der Waals surface area contributed by atoms with E-state index in [9.17, 15) is 0 Å². The van der Waals surface area contributed by atoms with Crippen LogP contribution in [0.1, 0.15) is 6.92 Å². The van der Waals surface area contributed by atoms with Gasteiger partial charge in [0.1, 0.15) is 0 Å². The van der Waals surface area contributed by atoms with Gasteiger partial charge in [-0.25, -0.2) is 0 Å². The molecule has 94 valence electrons. The second-order valence-electron chi connectivity index (χ2n) is 4.78. The molecule has 1 saturated heterocycles. The highest BCUT2D eigenvalue weighted by atomic mass is 35.5. The summed E-state index contributed by atoms with van der Waals surface area (Å²) in [5.74, 6) is 0. The summed E-state index contributed by atoms with van der Waals surface area (Å²) in [5, 5.41) is 4.21. The lowest BCUT2D eigenvalue weighted by atomic mass is 10.1. The van der Waals surface area contributed by atoms with E-state index >= 15 is 0 Å². The Morgan fingerprint density at radius 2 is 2.18 bits per heavy atom. The van der Waals surface area contributed by atoms with Crippen LogP contribution in [0.2, 0.25) is 5.02 Å². The van der Waals surface area contributed by atoms with Gasteiger partial charge in [-0.2, -0.15) is 0 Å². The van der Waals surface area contributed by atoms with Gasteiger partial charge in [0.2, 0.25) is 0 Å². The molecule has 1 N–H and O–H groups in total. The maximum Gasteiger partial charge on any atom is 0.0640 e. The van der Waals surface area contributed by atoms with E-state index in [1.165, 1.54) is 5.69 Å². The lowest BCUT2D eigenvalue weighted by molar-refractivity contribution is 0.501. The van der Waals surface area contributed by atoms with Crippen molar-refractivity contribution in [1.29, 1.82) is 0 Å². The van der Waals surface area contributed by atoms with Gasteiger partial charge >= 0.3 is 0 Å². The van der Waals surface area contributed by atoms with Crippen molar-refractivity contribution >= 4 is 23.0 Å². The molecule has 0 amide bonds. The second kappa shape index (κ2) is 5.15. The standard InChI is InChI=1S/C13H20ClN3/c1-10-9-15-6-7-17(10)11-4-5-12(14)13(8-11)16(2)3/h4-5,8,10,15H,6-7,9H2,1-3H3/t10-/m0/s1. The Labute approximate surface area is 108 Å². The summed E-state index contributed by atoms with van der Waals surface area (Å²) >= 11 is 6.19. The second-order valence-corrected chi connectivity index (χ2v) is 5.18. The largest absolute Gasteiger partial charge is 0.376 e. The quantitative estimate of drug-likeness (QED) is 0.872. The van der Waals surface area contributed by atoms with Gasteiger partial charge < -0.3 is 15.1 Å². The molecule has 1 atom stereocenters. The minimum atomic E-state index is 0.528. The molecule has 1 aromatic carbocycles. The van der Waals surface area contributed by atoms with Crippen LogP contribution in [0, 0.1) is 0 Å². The number of piperazine rings is 1. The maximum absolute atomic E-state index is 6.19. The minimum absolute atomic E-state index is 0.528. The molecule has 3 nitrogen and oxygen atoms in total. The monoisotopic (exact) mass is 253 g/mol. The van der Waals surface area contributed by atoms with Gasteiger partial charge in [0.25, 0.3) is 0 Å². The zero-order valence-electron chi connectivity index (χ0n) is 10.7. The highest BCUT2D eigenvalue weighted by Gasteiger charge is 2.19. The van der Waals surface area contributed by atoms with Crippen molar-refractivity contribution in [2.75, 3.05) is 43.5 Å². The molecule has 2 rings (SSSR count). The molecule has 1 aromatic rings. The predicted molar refractivity (Wildman–Crippen MR) is 75.5 cm³/mol. The highest BCUT2D eigenvalue weighted by Crippen LogP contribution is 2.30. The summed E-state index contributed by atoms with van der Waals surface area (Å²) in [5.41, 5.74) is 2.34. The summed E-state index contributed by atoms with van der Waals surface area (Å²) in [6.07, 6.45) is 0. The SMILES string of the molecule is C[C@H]1CNCCN1c1ccc(Cl)c(N(C)C)c1. The van der Waals surface area contributed by atoms with Crippen LogP contribution in [-0.4, -0.2) is 39.8 Å². The van der Waals surface area contributed by atoms with Gasteiger partial charge in [-0.15, -0.1) is 0 Å². The van der Waals surface area contributed by atoms with Crippen LogP contribution in [0.25, 0.3) is 0 Å². The first-order chi connectivity index (χ1) is 8.09. The van der Waals surface area contributed by atoms with Crippen molar-refractivity contribution in [1.82, 2.24) is 5.32 Å². The van der Waals surface area contributed by atoms with E-state index in [0.717, 1.165) is 30.3 Å². The predicted octanol–water partition coefficient (Wildman–Crippen LogP) is 2.20. The Kier molecular flexibility index (Phi) is 3.79. The van der Waals surface area contributed by atoms with Crippen LogP contribution >= 0.6 is 11.6 Å². The zero-order chi connectivity index (χ0) is 12.4. The average molecular weight is 254 g/mol. The maximum atomic E-state index is 6.19. The molecule has 0 saturated carbocycles. The van der Waals surface area contributed by atoms with Crippen LogP contribution in [0.3, 0.4) is 0 Å². The van der Waals surface area contributed by atoms with Gasteiger partial charge in [-0.3, -0.25) is 0 Å². The Balaban J connectivity index is 2.29. The third-order valence-electron chi connectivity index (χ3n) is 3.24. The van der Waals surface area contributed by atoms with E-state index in [1.807, 2.05) is 20.2 Å². The number of benzene rings is 1. The van der Waals surface area contributed by atoms with Gasteiger partial charge in [-0.1, -0.05) is 11.6 Å². The number of rotatable bonds is 2. The third kappa shape index (κ3) is 2.67. The van der Waals surface area contributed by atoms with Crippen LogP contribution in [-0.2, 0) is 0 Å². The van der Waals surface area contributed by atoms with Crippen LogP contribution < -0.4 is 15.1 Å². The summed E-state index contributed by atoms with van der Waals surface area (Å²) in [7, 11) is 4.04. The molecular formula is C13H20ClN3. The molecule has 1 aliphatic rings. The van der Waals surface area contributed by atoms with Crippen molar-refractivity contribution in [3.8, 4) is 0 Å². The zero-order valence-corrected chi connectivity index (χ0v) is 11.5. The van der Waals surface area contributed by atoms with Crippen LogP contribution in [0.4, 0.5) is 11.4 Å². The van der Waals surface area contributed by atoms with Gasteiger partial charge in [0, 0.05) is 45.5 Å². The van der Waals surface area contributed by atoms with Crippen molar-refractivity contribution < 1.29 is 0 Å². The topological polar surface area (TPSA) is 18.5 Å². The number of nitrogens with zero attached hydrogens (tertiary/aromatic N) is 2. The minimum Gasteiger partial charge on any atom is -0.376 e. The molecule has 4 heteroatoms. The molecule has 1 aliphatic heterocycles. The average Bonchev–Trinajstić information content (AvgIpc) is 2.30. The molecule has 0 aromatic heterocycles. The summed E-state index contributed by atoms with van der Waals surface area (Å²) in [4.78, 5) is 4.48. The van der Waals surface area contributed by atoms with Crippen molar-refractivity contribution in [3.05, 3.63) is 23.2 Å². The lowest BCUT2D eigenvalue weighted by Crippen LogP contribution is -2.49. The van der Waals surface area contributed by atoms with Crippen molar-refractivity contribution in [2.45, 2.75) is 13.0 Å². The fourth-order valence-corrected chi connectivity index (χ4v) is 2.53. The summed E-state index contributed by atoms with van der Waals surface area (Å²) in [6, 6.07) is 6.79. The first-order valence-electron chi connectivity index (χ1n) is 6.04. The summed E-state index contributed by atoms with van der Waals surface area (Å²) < 4.78 is 0. The molecular weight excluding hydrogens is 234 g/mol. The van der Waals surface area contributed by atoms with Gasteiger partial charge in [0.05, 0.1) is 10.7 Å². The third-order valence-corrected chi connectivity index (χ3v) is 3.56. The fraction of sp³-hybridized carbons (Fsp3) is 0.538. The Hall–Kier alpha value is -0.930. The van der Waals surface area contributed by atoms with Gasteiger partial charge in [-0.05, 0) is 25.1 Å². The van der Waals surface area contributed by atoms with E-state index in [2.05, 4.69) is 34.2 Å². The molecule has 1 heterocycles. The highest BCUT2D eigenvalue weighted by molar-refractivity contribution is 6.33. The Bertz CT molecular complexity index is 392. The molecule has 0 unspecified atom stereocenters. The Morgan fingerprint density at radius 1 is 1.41 bits per heavy atom. The number of halogens is 1. The van der Waals surface area contributed by atoms with Crippen molar-refractivity contribution in [2.24, 2.45) is 0 Å². The van der Waals surface area contributed by atoms with Gasteiger partial charge in [0.15, 0.2) is 0 Å². The molecule has 0 aliphatic carbocycles. The van der Waals surface area contributed by atoms with E-state index < -0.39 is 0 Å².